The van der Waals surface area contributed by atoms with E-state index in [0.29, 0.717) is 5.69 Å². The fourth-order valence-corrected chi connectivity index (χ4v) is 3.03. The zero-order valence-electron chi connectivity index (χ0n) is 10.5. The van der Waals surface area contributed by atoms with E-state index in [4.69, 9.17) is 5.73 Å². The van der Waals surface area contributed by atoms with Crippen LogP contribution in [0.15, 0.2) is 41.3 Å². The Morgan fingerprint density at radius 3 is 2.35 bits per heavy atom. The van der Waals surface area contributed by atoms with E-state index < -0.39 is 15.8 Å². The van der Waals surface area contributed by atoms with Crippen LogP contribution in [0.25, 0.3) is 0 Å². The van der Waals surface area contributed by atoms with Gasteiger partial charge in [0.1, 0.15) is 5.82 Å². The zero-order valence-corrected chi connectivity index (χ0v) is 13.5. The van der Waals surface area contributed by atoms with Gasteiger partial charge in [-0.2, -0.15) is 0 Å². The highest BCUT2D eigenvalue weighted by Crippen LogP contribution is 2.23. The van der Waals surface area contributed by atoms with E-state index in [-0.39, 0.29) is 16.1 Å². The Morgan fingerprint density at radius 1 is 1.20 bits per heavy atom. The maximum atomic E-state index is 13.6. The molecule has 0 unspecified atom stereocenters. The zero-order chi connectivity index (χ0) is 14.9. The Labute approximate surface area is 130 Å². The van der Waals surface area contributed by atoms with Crippen molar-refractivity contribution in [2.24, 2.45) is 0 Å². The normalized spacial score (nSPS) is 11.3. The van der Waals surface area contributed by atoms with Crippen LogP contribution in [0.2, 0.25) is 0 Å². The molecule has 0 aliphatic rings. The van der Waals surface area contributed by atoms with Crippen molar-refractivity contribution in [3.8, 4) is 0 Å². The fourth-order valence-electron chi connectivity index (χ4n) is 1.56. The molecule has 0 saturated carbocycles. The first-order chi connectivity index (χ1) is 9.29. The number of anilines is 2. The van der Waals surface area contributed by atoms with Gasteiger partial charge in [-0.25, -0.2) is 12.8 Å². The predicted octanol–water partition coefficient (Wildman–Crippen LogP) is 3.12. The van der Waals surface area contributed by atoms with Gasteiger partial charge in [-0.05, 0) is 65.9 Å². The first kappa shape index (κ1) is 15.0. The van der Waals surface area contributed by atoms with Gasteiger partial charge < -0.3 is 5.73 Å². The molecular weight excluding hydrogens is 394 g/mol. The van der Waals surface area contributed by atoms with Crippen LogP contribution in [0, 0.1) is 16.3 Å². The van der Waals surface area contributed by atoms with Crippen LogP contribution in [0.1, 0.15) is 5.56 Å². The third-order valence-corrected chi connectivity index (χ3v) is 4.84. The summed E-state index contributed by atoms with van der Waals surface area (Å²) < 4.78 is 41.3. The largest absolute Gasteiger partial charge is 0.398 e. The quantitative estimate of drug-likeness (QED) is 0.608. The molecule has 2 aromatic carbocycles. The second kappa shape index (κ2) is 5.57. The first-order valence-electron chi connectivity index (χ1n) is 5.63. The summed E-state index contributed by atoms with van der Waals surface area (Å²) in [6.07, 6.45) is 0. The van der Waals surface area contributed by atoms with Crippen molar-refractivity contribution in [3.63, 3.8) is 0 Å². The summed E-state index contributed by atoms with van der Waals surface area (Å²) in [5, 5.41) is 0. The average Bonchev–Trinajstić information content (AvgIpc) is 2.38. The summed E-state index contributed by atoms with van der Waals surface area (Å²) in [5.74, 6) is -0.645. The van der Waals surface area contributed by atoms with Crippen LogP contribution in [-0.4, -0.2) is 8.42 Å². The Morgan fingerprint density at radius 2 is 1.80 bits per heavy atom. The monoisotopic (exact) mass is 406 g/mol. The number of hydrogen-bond acceptors (Lipinski definition) is 3. The van der Waals surface area contributed by atoms with Crippen molar-refractivity contribution in [1.82, 2.24) is 0 Å². The lowest BCUT2D eigenvalue weighted by molar-refractivity contribution is 0.593. The van der Waals surface area contributed by atoms with E-state index in [1.165, 1.54) is 13.0 Å². The number of halogens is 2. The van der Waals surface area contributed by atoms with Gasteiger partial charge in [0, 0.05) is 20.5 Å². The number of nitrogens with one attached hydrogen (secondary N) is 1. The van der Waals surface area contributed by atoms with Gasteiger partial charge in [-0.1, -0.05) is 0 Å². The number of hydrogen-bond donors (Lipinski definition) is 2. The maximum absolute atomic E-state index is 13.6. The lowest BCUT2D eigenvalue weighted by Crippen LogP contribution is -2.14. The van der Waals surface area contributed by atoms with Crippen molar-refractivity contribution < 1.29 is 12.8 Å². The molecule has 0 bridgehead atoms. The fraction of sp³-hybridized carbons (Fsp3) is 0.0769. The molecule has 0 fully saturated rings. The van der Waals surface area contributed by atoms with Crippen LogP contribution in [-0.2, 0) is 10.0 Å². The van der Waals surface area contributed by atoms with Gasteiger partial charge in [0.15, 0.2) is 0 Å². The molecule has 0 atom stereocenters. The van der Waals surface area contributed by atoms with Crippen molar-refractivity contribution in [2.45, 2.75) is 11.8 Å². The van der Waals surface area contributed by atoms with Gasteiger partial charge >= 0.3 is 0 Å². The van der Waals surface area contributed by atoms with Gasteiger partial charge in [-0.3, -0.25) is 4.72 Å². The molecule has 0 saturated heterocycles. The summed E-state index contributed by atoms with van der Waals surface area (Å²) >= 11 is 2.11. The van der Waals surface area contributed by atoms with Gasteiger partial charge in [0.25, 0.3) is 10.0 Å². The highest BCUT2D eigenvalue weighted by molar-refractivity contribution is 14.1. The Bertz CT molecular complexity index is 722. The number of sulfonamides is 1. The van der Waals surface area contributed by atoms with Crippen molar-refractivity contribution >= 4 is 44.0 Å². The topological polar surface area (TPSA) is 72.2 Å². The molecule has 0 amide bonds. The van der Waals surface area contributed by atoms with Crippen LogP contribution in [0.5, 0.6) is 0 Å². The molecule has 0 heterocycles. The third-order valence-electron chi connectivity index (χ3n) is 2.76. The lowest BCUT2D eigenvalue weighted by atomic mass is 10.2. The van der Waals surface area contributed by atoms with E-state index in [9.17, 15) is 12.8 Å². The molecule has 0 aromatic heterocycles. The molecule has 3 N–H and O–H groups in total. The molecule has 20 heavy (non-hydrogen) atoms. The van der Waals surface area contributed by atoms with Crippen molar-refractivity contribution in [1.29, 1.82) is 0 Å². The Balaban J connectivity index is 2.38. The Hall–Kier alpha value is -1.35. The molecule has 2 rings (SSSR count). The van der Waals surface area contributed by atoms with Crippen LogP contribution < -0.4 is 10.5 Å². The van der Waals surface area contributed by atoms with E-state index in [1.807, 2.05) is 0 Å². The molecule has 106 valence electrons. The van der Waals surface area contributed by atoms with E-state index >= 15 is 0 Å². The van der Waals surface area contributed by atoms with Gasteiger partial charge in [0.2, 0.25) is 0 Å². The second-order valence-corrected chi connectivity index (χ2v) is 7.16. The molecular formula is C13H12FIN2O2S. The molecule has 2 aromatic rings. The minimum atomic E-state index is -3.86. The maximum Gasteiger partial charge on any atom is 0.262 e. The highest BCUT2D eigenvalue weighted by atomic mass is 127. The molecule has 0 spiro atoms. The SMILES string of the molecule is Cc1c(N)cc(S(=O)(=O)Nc2ccc(I)cc2)cc1F. The minimum Gasteiger partial charge on any atom is -0.398 e. The molecule has 0 radical (unpaired) electrons. The third kappa shape index (κ3) is 3.21. The molecule has 0 aliphatic heterocycles. The molecule has 7 heteroatoms. The summed E-state index contributed by atoms with van der Waals surface area (Å²) in [6, 6.07) is 9.00. The van der Waals surface area contributed by atoms with E-state index in [0.717, 1.165) is 9.64 Å². The van der Waals surface area contributed by atoms with E-state index in [1.54, 1.807) is 24.3 Å². The first-order valence-corrected chi connectivity index (χ1v) is 8.20. The number of rotatable bonds is 3. The Kier molecular flexibility index (Phi) is 4.19. The smallest absolute Gasteiger partial charge is 0.262 e. The summed E-state index contributed by atoms with van der Waals surface area (Å²) in [7, 11) is -3.86. The standard InChI is InChI=1S/C13H12FIN2O2S/c1-8-12(14)6-11(7-13(8)16)20(18,19)17-10-4-2-9(15)3-5-10/h2-7,17H,16H2,1H3. The predicted molar refractivity (Wildman–Crippen MR) is 85.5 cm³/mol. The number of nitrogens with two attached hydrogens (primary N) is 1. The molecule has 0 aliphatic carbocycles. The summed E-state index contributed by atoms with van der Waals surface area (Å²) in [5.41, 5.74) is 6.34. The van der Waals surface area contributed by atoms with Crippen LogP contribution >= 0.6 is 22.6 Å². The molecule has 4 nitrogen and oxygen atoms in total. The van der Waals surface area contributed by atoms with Crippen LogP contribution in [0.3, 0.4) is 0 Å². The summed E-state index contributed by atoms with van der Waals surface area (Å²) in [4.78, 5) is -0.198. The lowest BCUT2D eigenvalue weighted by Gasteiger charge is -2.10. The second-order valence-electron chi connectivity index (χ2n) is 4.23. The van der Waals surface area contributed by atoms with Gasteiger partial charge in [-0.15, -0.1) is 0 Å². The summed E-state index contributed by atoms with van der Waals surface area (Å²) in [6.45, 7) is 1.49. The number of nitrogen functional groups attached to an aromatic ring is 1. The number of benzene rings is 2. The van der Waals surface area contributed by atoms with Crippen molar-refractivity contribution in [3.05, 3.63) is 51.3 Å². The minimum absolute atomic E-state index is 0.105. The average molecular weight is 406 g/mol. The van der Waals surface area contributed by atoms with Crippen molar-refractivity contribution in [2.75, 3.05) is 10.5 Å². The van der Waals surface area contributed by atoms with E-state index in [2.05, 4.69) is 27.3 Å². The van der Waals surface area contributed by atoms with Crippen LogP contribution in [0.4, 0.5) is 15.8 Å². The van der Waals surface area contributed by atoms with Gasteiger partial charge in [0.05, 0.1) is 4.90 Å². The highest BCUT2D eigenvalue weighted by Gasteiger charge is 2.17.